The van der Waals surface area contributed by atoms with E-state index < -0.39 is 0 Å². The van der Waals surface area contributed by atoms with Crippen molar-refractivity contribution in [3.8, 4) is 10.6 Å². The molecule has 0 saturated carbocycles. The molecular formula is C21H21ClN2O2S2. The van der Waals surface area contributed by atoms with E-state index in [4.69, 9.17) is 16.3 Å². The molecule has 1 atom stereocenters. The normalized spacial score (nSPS) is 16.4. The Morgan fingerprint density at radius 3 is 2.89 bits per heavy atom. The summed E-state index contributed by atoms with van der Waals surface area (Å²) in [5.74, 6) is 0.0832. The minimum atomic E-state index is 0.0832. The first-order valence-corrected chi connectivity index (χ1v) is 11.4. The Kier molecular flexibility index (Phi) is 6.42. The highest BCUT2D eigenvalue weighted by atomic mass is 35.5. The molecule has 4 nitrogen and oxygen atoms in total. The average molecular weight is 433 g/mol. The maximum atomic E-state index is 13.1. The zero-order chi connectivity index (χ0) is 19.3. The number of thiophene rings is 1. The fourth-order valence-corrected chi connectivity index (χ4v) is 5.15. The number of halogens is 1. The third-order valence-electron chi connectivity index (χ3n) is 4.72. The quantitative estimate of drug-likeness (QED) is 0.510. The van der Waals surface area contributed by atoms with E-state index in [0.29, 0.717) is 24.5 Å². The van der Waals surface area contributed by atoms with E-state index in [1.165, 1.54) is 16.2 Å². The number of aromatic nitrogens is 1. The molecule has 0 radical (unpaired) electrons. The van der Waals surface area contributed by atoms with Crippen molar-refractivity contribution in [3.05, 3.63) is 62.8 Å². The second kappa shape index (κ2) is 9.18. The molecule has 1 aliphatic rings. The Bertz CT molecular complexity index is 920. The first-order chi connectivity index (χ1) is 13.7. The van der Waals surface area contributed by atoms with Crippen LogP contribution in [0.3, 0.4) is 0 Å². The highest BCUT2D eigenvalue weighted by Crippen LogP contribution is 2.30. The molecule has 0 N–H and O–H groups in total. The van der Waals surface area contributed by atoms with Gasteiger partial charge in [-0.25, -0.2) is 4.98 Å². The summed E-state index contributed by atoms with van der Waals surface area (Å²) < 4.78 is 5.76. The van der Waals surface area contributed by atoms with Gasteiger partial charge in [0.25, 0.3) is 0 Å². The number of rotatable bonds is 7. The SMILES string of the molecule is O=C(Cc1csc(-c2ccccc2Cl)n1)N(Cc1cccs1)CC1CCCO1. The van der Waals surface area contributed by atoms with Crippen LogP contribution in [0.25, 0.3) is 10.6 Å². The summed E-state index contributed by atoms with van der Waals surface area (Å²) in [6, 6.07) is 11.7. The molecule has 1 aromatic carbocycles. The van der Waals surface area contributed by atoms with E-state index in [2.05, 4.69) is 11.1 Å². The third kappa shape index (κ3) is 4.81. The minimum Gasteiger partial charge on any atom is -0.376 e. The summed E-state index contributed by atoms with van der Waals surface area (Å²) in [6.45, 7) is 2.05. The number of amides is 1. The van der Waals surface area contributed by atoms with E-state index in [1.807, 2.05) is 46.0 Å². The zero-order valence-electron chi connectivity index (χ0n) is 15.3. The Hall–Kier alpha value is -1.73. The van der Waals surface area contributed by atoms with Crippen molar-refractivity contribution in [2.24, 2.45) is 0 Å². The van der Waals surface area contributed by atoms with Crippen LogP contribution in [-0.2, 0) is 22.5 Å². The molecular weight excluding hydrogens is 412 g/mol. The lowest BCUT2D eigenvalue weighted by molar-refractivity contribution is -0.132. The van der Waals surface area contributed by atoms with Crippen molar-refractivity contribution >= 4 is 40.2 Å². The molecule has 3 heterocycles. The summed E-state index contributed by atoms with van der Waals surface area (Å²) in [7, 11) is 0. The third-order valence-corrected chi connectivity index (χ3v) is 6.83. The number of carbonyl (C=O) groups excluding carboxylic acids is 1. The zero-order valence-corrected chi connectivity index (χ0v) is 17.7. The van der Waals surface area contributed by atoms with Gasteiger partial charge in [0.1, 0.15) is 5.01 Å². The molecule has 4 rings (SSSR count). The van der Waals surface area contributed by atoms with Gasteiger partial charge in [0, 0.05) is 29.0 Å². The van der Waals surface area contributed by atoms with E-state index in [1.54, 1.807) is 11.3 Å². The van der Waals surface area contributed by atoms with Crippen molar-refractivity contribution in [3.63, 3.8) is 0 Å². The van der Waals surface area contributed by atoms with Gasteiger partial charge in [-0.3, -0.25) is 4.79 Å². The molecule has 0 spiro atoms. The minimum absolute atomic E-state index is 0.0832. The molecule has 0 bridgehead atoms. The van der Waals surface area contributed by atoms with E-state index in [9.17, 15) is 4.79 Å². The highest BCUT2D eigenvalue weighted by Gasteiger charge is 2.24. The van der Waals surface area contributed by atoms with Crippen molar-refractivity contribution in [2.45, 2.75) is 31.9 Å². The molecule has 28 heavy (non-hydrogen) atoms. The smallest absolute Gasteiger partial charge is 0.229 e. The van der Waals surface area contributed by atoms with Crippen molar-refractivity contribution < 1.29 is 9.53 Å². The maximum Gasteiger partial charge on any atom is 0.229 e. The Morgan fingerprint density at radius 1 is 1.25 bits per heavy atom. The largest absolute Gasteiger partial charge is 0.376 e. The van der Waals surface area contributed by atoms with Crippen LogP contribution in [-0.4, -0.2) is 35.0 Å². The number of carbonyl (C=O) groups is 1. The van der Waals surface area contributed by atoms with Crippen LogP contribution in [0.2, 0.25) is 5.02 Å². The lowest BCUT2D eigenvalue weighted by Gasteiger charge is -2.25. The predicted molar refractivity (Wildman–Crippen MR) is 115 cm³/mol. The number of benzene rings is 1. The van der Waals surface area contributed by atoms with Crippen molar-refractivity contribution in [2.75, 3.05) is 13.2 Å². The van der Waals surface area contributed by atoms with Crippen LogP contribution in [0.15, 0.2) is 47.2 Å². The molecule has 2 aromatic heterocycles. The topological polar surface area (TPSA) is 42.4 Å². The molecule has 1 aliphatic heterocycles. The van der Waals surface area contributed by atoms with Gasteiger partial charge in [-0.05, 0) is 30.4 Å². The molecule has 1 unspecified atom stereocenters. The van der Waals surface area contributed by atoms with Crippen LogP contribution in [0, 0.1) is 0 Å². The fourth-order valence-electron chi connectivity index (χ4n) is 3.29. The lowest BCUT2D eigenvalue weighted by Crippen LogP contribution is -2.37. The maximum absolute atomic E-state index is 13.1. The van der Waals surface area contributed by atoms with Crippen LogP contribution >= 0.6 is 34.3 Å². The van der Waals surface area contributed by atoms with E-state index in [-0.39, 0.29) is 12.0 Å². The van der Waals surface area contributed by atoms with Gasteiger partial charge < -0.3 is 9.64 Å². The Labute approximate surface area is 177 Å². The van der Waals surface area contributed by atoms with Gasteiger partial charge in [-0.1, -0.05) is 35.9 Å². The summed E-state index contributed by atoms with van der Waals surface area (Å²) in [4.78, 5) is 20.8. The number of thiazole rings is 1. The number of hydrogen-bond acceptors (Lipinski definition) is 5. The molecule has 7 heteroatoms. The molecule has 0 aliphatic carbocycles. The predicted octanol–water partition coefficient (Wildman–Crippen LogP) is 5.28. The first kappa shape index (κ1) is 19.6. The monoisotopic (exact) mass is 432 g/mol. The lowest BCUT2D eigenvalue weighted by atomic mass is 10.2. The van der Waals surface area contributed by atoms with Crippen molar-refractivity contribution in [1.29, 1.82) is 0 Å². The fraction of sp³-hybridized carbons (Fsp3) is 0.333. The van der Waals surface area contributed by atoms with Crippen LogP contribution in [0.1, 0.15) is 23.4 Å². The number of nitrogens with zero attached hydrogens (tertiary/aromatic N) is 2. The average Bonchev–Trinajstić information content (AvgIpc) is 3.45. The molecule has 3 aromatic rings. The molecule has 1 saturated heterocycles. The van der Waals surface area contributed by atoms with Gasteiger partial charge in [-0.15, -0.1) is 22.7 Å². The van der Waals surface area contributed by atoms with Gasteiger partial charge in [0.15, 0.2) is 0 Å². The second-order valence-electron chi connectivity index (χ2n) is 6.79. The highest BCUT2D eigenvalue weighted by molar-refractivity contribution is 7.13. The standard InChI is InChI=1S/C21H21ClN2O2S2/c22-19-8-2-1-7-18(19)21-23-15(14-28-21)11-20(25)24(12-16-5-3-9-26-16)13-17-6-4-10-27-17/h1-2,4,6-8,10,14,16H,3,5,9,11-13H2. The van der Waals surface area contributed by atoms with E-state index >= 15 is 0 Å². The van der Waals surface area contributed by atoms with Gasteiger partial charge in [0.05, 0.1) is 29.8 Å². The van der Waals surface area contributed by atoms with Crippen LogP contribution in [0.5, 0.6) is 0 Å². The molecule has 1 amide bonds. The molecule has 1 fully saturated rings. The van der Waals surface area contributed by atoms with E-state index in [0.717, 1.165) is 35.7 Å². The summed E-state index contributed by atoms with van der Waals surface area (Å²) in [6.07, 6.45) is 2.51. The number of hydrogen-bond donors (Lipinski definition) is 0. The van der Waals surface area contributed by atoms with Crippen molar-refractivity contribution in [1.82, 2.24) is 9.88 Å². The molecule has 146 valence electrons. The van der Waals surface area contributed by atoms with Gasteiger partial charge in [-0.2, -0.15) is 0 Å². The summed E-state index contributed by atoms with van der Waals surface area (Å²) >= 11 is 9.47. The number of ether oxygens (including phenoxy) is 1. The summed E-state index contributed by atoms with van der Waals surface area (Å²) in [5, 5.41) is 5.51. The van der Waals surface area contributed by atoms with Gasteiger partial charge in [0.2, 0.25) is 5.91 Å². The second-order valence-corrected chi connectivity index (χ2v) is 9.09. The Morgan fingerprint density at radius 2 is 2.14 bits per heavy atom. The first-order valence-electron chi connectivity index (χ1n) is 9.30. The van der Waals surface area contributed by atoms with Crippen LogP contribution in [0.4, 0.5) is 0 Å². The van der Waals surface area contributed by atoms with Crippen LogP contribution < -0.4 is 0 Å². The summed E-state index contributed by atoms with van der Waals surface area (Å²) in [5.41, 5.74) is 1.69. The Balaban J connectivity index is 1.46. The van der Waals surface area contributed by atoms with Gasteiger partial charge >= 0.3 is 0 Å².